The number of fused-ring (bicyclic) bond motifs is 7. The van der Waals surface area contributed by atoms with Gasteiger partial charge in [-0.15, -0.1) is 0 Å². The Morgan fingerprint density at radius 3 is 2.73 bits per heavy atom. The number of halogens is 2. The Balaban J connectivity index is 1.79. The fourth-order valence-electron chi connectivity index (χ4n) is 4.07. The third-order valence-electron chi connectivity index (χ3n) is 5.14. The van der Waals surface area contributed by atoms with Crippen molar-refractivity contribution in [3.8, 4) is 5.75 Å². The first-order valence-electron chi connectivity index (χ1n) is 8.21. The van der Waals surface area contributed by atoms with Gasteiger partial charge < -0.3 is 15.2 Å². The molecule has 2 aliphatic rings. The number of hydrogen-bond donors (Lipinski definition) is 2. The third kappa shape index (κ3) is 2.12. The molecular weight excluding hydrogens is 373 g/mol. The van der Waals surface area contributed by atoms with E-state index in [0.29, 0.717) is 15.7 Å². The highest BCUT2D eigenvalue weighted by Gasteiger charge is 2.49. The Labute approximate surface area is 159 Å². The van der Waals surface area contributed by atoms with E-state index >= 15 is 0 Å². The van der Waals surface area contributed by atoms with Crippen LogP contribution in [-0.4, -0.2) is 23.2 Å². The minimum atomic E-state index is -0.973. The molecule has 2 heterocycles. The van der Waals surface area contributed by atoms with Gasteiger partial charge in [0.05, 0.1) is 5.92 Å². The molecule has 130 valence electrons. The van der Waals surface area contributed by atoms with Crippen molar-refractivity contribution in [1.82, 2.24) is 0 Å². The van der Waals surface area contributed by atoms with Gasteiger partial charge in [-0.25, -0.2) is 4.79 Å². The molecule has 5 rings (SSSR count). The number of hydrogen-bond acceptors (Lipinski definition) is 3. The zero-order chi connectivity index (χ0) is 18.0. The monoisotopic (exact) mass is 385 g/mol. The highest BCUT2D eigenvalue weighted by Crippen LogP contribution is 2.53. The van der Waals surface area contributed by atoms with Crippen molar-refractivity contribution >= 4 is 45.6 Å². The number of aliphatic carboxylic acids is 1. The molecule has 3 unspecified atom stereocenters. The first-order chi connectivity index (χ1) is 12.5. The van der Waals surface area contributed by atoms with E-state index < -0.39 is 18.1 Å². The minimum absolute atomic E-state index is 0.267. The lowest BCUT2D eigenvalue weighted by atomic mass is 9.80. The Bertz CT molecular complexity index is 1080. The molecule has 0 amide bonds. The van der Waals surface area contributed by atoms with E-state index in [1.165, 1.54) is 0 Å². The molecule has 3 atom stereocenters. The lowest BCUT2D eigenvalue weighted by Gasteiger charge is -2.34. The Morgan fingerprint density at radius 1 is 1.12 bits per heavy atom. The molecule has 4 nitrogen and oxygen atoms in total. The van der Waals surface area contributed by atoms with Crippen LogP contribution in [-0.2, 0) is 4.79 Å². The second-order valence-corrected chi connectivity index (χ2v) is 7.42. The molecule has 0 aliphatic carbocycles. The molecule has 6 heteroatoms. The van der Waals surface area contributed by atoms with E-state index in [1.54, 1.807) is 12.1 Å². The standard InChI is InChI=1S/C20H13Cl2NO3/c21-10-7-13(22)16-14(8-10)23-17(20(24)25)19-15(16)12-6-5-9-3-1-2-4-11(9)18(12)26-19/h1-8,15,17,19,23H,(H,24,25). The average molecular weight is 386 g/mol. The molecule has 3 aromatic carbocycles. The maximum Gasteiger partial charge on any atom is 0.330 e. The molecule has 0 spiro atoms. The summed E-state index contributed by atoms with van der Waals surface area (Å²) in [5.41, 5.74) is 2.42. The van der Waals surface area contributed by atoms with Crippen molar-refractivity contribution in [2.24, 2.45) is 0 Å². The van der Waals surface area contributed by atoms with E-state index in [4.69, 9.17) is 27.9 Å². The summed E-state index contributed by atoms with van der Waals surface area (Å²) in [6.45, 7) is 0. The molecule has 3 aromatic rings. The largest absolute Gasteiger partial charge is 0.486 e. The molecule has 0 bridgehead atoms. The van der Waals surface area contributed by atoms with E-state index in [9.17, 15) is 9.90 Å². The van der Waals surface area contributed by atoms with Gasteiger partial charge in [-0.1, -0.05) is 59.6 Å². The lowest BCUT2D eigenvalue weighted by Crippen LogP contribution is -2.48. The number of benzene rings is 3. The summed E-state index contributed by atoms with van der Waals surface area (Å²) in [6, 6.07) is 14.4. The molecule has 0 aromatic heterocycles. The van der Waals surface area contributed by atoms with Crippen LogP contribution in [0.25, 0.3) is 10.8 Å². The van der Waals surface area contributed by atoms with Gasteiger partial charge in [0.25, 0.3) is 0 Å². The minimum Gasteiger partial charge on any atom is -0.486 e. The van der Waals surface area contributed by atoms with Crippen LogP contribution in [0.3, 0.4) is 0 Å². The Kier molecular flexibility index (Phi) is 3.36. The fraction of sp³-hybridized carbons (Fsp3) is 0.150. The number of rotatable bonds is 1. The fourth-order valence-corrected chi connectivity index (χ4v) is 4.68. The maximum atomic E-state index is 11.9. The molecule has 26 heavy (non-hydrogen) atoms. The highest BCUT2D eigenvalue weighted by atomic mass is 35.5. The molecular formula is C20H13Cl2NO3. The van der Waals surface area contributed by atoms with Crippen LogP contribution in [0.5, 0.6) is 5.75 Å². The zero-order valence-electron chi connectivity index (χ0n) is 13.4. The predicted octanol–water partition coefficient (Wildman–Crippen LogP) is 4.92. The molecule has 0 radical (unpaired) electrons. The van der Waals surface area contributed by atoms with Crippen molar-refractivity contribution in [2.75, 3.05) is 5.32 Å². The molecule has 2 aliphatic heterocycles. The normalized spacial score (nSPS) is 22.8. The molecule has 2 N–H and O–H groups in total. The number of carboxylic acids is 1. The van der Waals surface area contributed by atoms with Crippen LogP contribution >= 0.6 is 23.2 Å². The number of carboxylic acid groups (broad SMARTS) is 1. The van der Waals surface area contributed by atoms with Crippen LogP contribution in [0.2, 0.25) is 10.0 Å². The van der Waals surface area contributed by atoms with E-state index in [1.807, 2.05) is 36.4 Å². The Hall–Kier alpha value is -2.43. The average Bonchev–Trinajstić information content (AvgIpc) is 3.00. The number of ether oxygens (including phenoxy) is 1. The van der Waals surface area contributed by atoms with E-state index in [2.05, 4.69) is 5.32 Å². The van der Waals surface area contributed by atoms with Gasteiger partial charge in [0, 0.05) is 32.2 Å². The molecule has 0 saturated heterocycles. The summed E-state index contributed by atoms with van der Waals surface area (Å²) in [7, 11) is 0. The SMILES string of the molecule is O=C(O)C1Nc2cc(Cl)cc(Cl)c2C2c3ccc4ccccc4c3OC12. The second kappa shape index (κ2) is 5.53. The quantitative estimate of drug-likeness (QED) is 0.624. The van der Waals surface area contributed by atoms with E-state index in [0.717, 1.165) is 27.6 Å². The van der Waals surface area contributed by atoms with Crippen LogP contribution < -0.4 is 10.1 Å². The number of nitrogens with one attached hydrogen (secondary N) is 1. The second-order valence-electron chi connectivity index (χ2n) is 6.57. The van der Waals surface area contributed by atoms with Gasteiger partial charge in [-0.3, -0.25) is 0 Å². The zero-order valence-corrected chi connectivity index (χ0v) is 14.9. The molecule has 0 saturated carbocycles. The number of carbonyl (C=O) groups is 1. The van der Waals surface area contributed by atoms with Crippen LogP contribution in [0.4, 0.5) is 5.69 Å². The van der Waals surface area contributed by atoms with Gasteiger partial charge >= 0.3 is 5.97 Å². The summed E-state index contributed by atoms with van der Waals surface area (Å²) >= 11 is 12.6. The van der Waals surface area contributed by atoms with Crippen LogP contribution in [0, 0.1) is 0 Å². The summed E-state index contributed by atoms with van der Waals surface area (Å²) in [5, 5.41) is 15.8. The van der Waals surface area contributed by atoms with Gasteiger partial charge in [-0.2, -0.15) is 0 Å². The van der Waals surface area contributed by atoms with Crippen LogP contribution in [0.1, 0.15) is 17.0 Å². The Morgan fingerprint density at radius 2 is 1.92 bits per heavy atom. The highest BCUT2D eigenvalue weighted by molar-refractivity contribution is 6.35. The third-order valence-corrected chi connectivity index (χ3v) is 5.67. The number of anilines is 1. The topological polar surface area (TPSA) is 58.6 Å². The predicted molar refractivity (Wildman–Crippen MR) is 102 cm³/mol. The van der Waals surface area contributed by atoms with Crippen LogP contribution in [0.15, 0.2) is 48.5 Å². The van der Waals surface area contributed by atoms with Gasteiger partial charge in [0.1, 0.15) is 11.9 Å². The van der Waals surface area contributed by atoms with Crippen molar-refractivity contribution in [2.45, 2.75) is 18.1 Å². The van der Waals surface area contributed by atoms with Gasteiger partial charge in [0.2, 0.25) is 0 Å². The van der Waals surface area contributed by atoms with Gasteiger partial charge in [-0.05, 0) is 17.5 Å². The summed E-state index contributed by atoms with van der Waals surface area (Å²) in [6.07, 6.45) is -0.584. The summed E-state index contributed by atoms with van der Waals surface area (Å²) in [5.74, 6) is -0.513. The summed E-state index contributed by atoms with van der Waals surface area (Å²) in [4.78, 5) is 11.9. The smallest absolute Gasteiger partial charge is 0.330 e. The molecule has 0 fully saturated rings. The first-order valence-corrected chi connectivity index (χ1v) is 8.97. The van der Waals surface area contributed by atoms with Crippen molar-refractivity contribution in [1.29, 1.82) is 0 Å². The van der Waals surface area contributed by atoms with Crippen molar-refractivity contribution in [3.05, 3.63) is 69.7 Å². The first kappa shape index (κ1) is 15.8. The summed E-state index contributed by atoms with van der Waals surface area (Å²) < 4.78 is 6.21. The lowest BCUT2D eigenvalue weighted by molar-refractivity contribution is -0.140. The van der Waals surface area contributed by atoms with E-state index in [-0.39, 0.29) is 5.92 Å². The van der Waals surface area contributed by atoms with Crippen molar-refractivity contribution < 1.29 is 14.6 Å². The maximum absolute atomic E-state index is 11.9. The van der Waals surface area contributed by atoms with Gasteiger partial charge in [0.15, 0.2) is 6.04 Å². The van der Waals surface area contributed by atoms with Crippen molar-refractivity contribution in [3.63, 3.8) is 0 Å².